The molecular formula is C24H26ClN5O2S. The van der Waals surface area contributed by atoms with Gasteiger partial charge in [-0.05, 0) is 56.2 Å². The van der Waals surface area contributed by atoms with Crippen LogP contribution in [-0.2, 0) is 11.3 Å². The van der Waals surface area contributed by atoms with Crippen LogP contribution in [0.5, 0.6) is 5.75 Å². The number of aromatic nitrogens is 3. The van der Waals surface area contributed by atoms with E-state index in [4.69, 9.17) is 21.6 Å². The molecule has 0 saturated heterocycles. The second kappa shape index (κ2) is 11.2. The summed E-state index contributed by atoms with van der Waals surface area (Å²) in [5.74, 6) is 1.43. The molecular weight excluding hydrogens is 458 g/mol. The largest absolute Gasteiger partial charge is 0.481 e. The van der Waals surface area contributed by atoms with E-state index in [0.717, 1.165) is 0 Å². The Morgan fingerprint density at radius 2 is 1.85 bits per heavy atom. The van der Waals surface area contributed by atoms with Crippen molar-refractivity contribution in [3.05, 3.63) is 64.9 Å². The summed E-state index contributed by atoms with van der Waals surface area (Å²) in [5.41, 5.74) is 1.18. The quantitative estimate of drug-likeness (QED) is 0.391. The average Bonchev–Trinajstić information content (AvgIpc) is 3.17. The van der Waals surface area contributed by atoms with E-state index in [1.165, 1.54) is 11.8 Å². The van der Waals surface area contributed by atoms with Gasteiger partial charge in [0, 0.05) is 12.2 Å². The van der Waals surface area contributed by atoms with Crippen molar-refractivity contribution in [2.45, 2.75) is 50.8 Å². The van der Waals surface area contributed by atoms with E-state index >= 15 is 0 Å². The normalized spacial score (nSPS) is 12.8. The molecule has 33 heavy (non-hydrogen) atoms. The van der Waals surface area contributed by atoms with Gasteiger partial charge in [-0.15, -0.1) is 10.2 Å². The summed E-state index contributed by atoms with van der Waals surface area (Å²) in [7, 11) is 0. The molecule has 0 spiro atoms. The predicted octanol–water partition coefficient (Wildman–Crippen LogP) is 5.72. The minimum Gasteiger partial charge on any atom is -0.481 e. The van der Waals surface area contributed by atoms with Gasteiger partial charge in [0.25, 0.3) is 0 Å². The maximum Gasteiger partial charge on any atom is 0.237 e. The summed E-state index contributed by atoms with van der Waals surface area (Å²) in [6.07, 6.45) is -0.381. The van der Waals surface area contributed by atoms with Gasteiger partial charge >= 0.3 is 0 Å². The minimum atomic E-state index is -0.414. The Kier molecular flexibility index (Phi) is 8.37. The fraction of sp³-hybridized carbons (Fsp3) is 0.333. The highest BCUT2D eigenvalue weighted by atomic mass is 35.5. The summed E-state index contributed by atoms with van der Waals surface area (Å²) in [4.78, 5) is 12.7. The van der Waals surface area contributed by atoms with Crippen molar-refractivity contribution < 1.29 is 9.53 Å². The second-order valence-corrected chi connectivity index (χ2v) is 9.69. The molecule has 3 rings (SSSR count). The lowest BCUT2D eigenvalue weighted by Crippen LogP contribution is -2.23. The fourth-order valence-electron chi connectivity index (χ4n) is 3.09. The molecule has 3 aromatic rings. The molecule has 7 nitrogen and oxygen atoms in total. The molecule has 2 unspecified atom stereocenters. The number of benzene rings is 2. The molecule has 2 atom stereocenters. The SMILES string of the molecule is CC(C)Cn1c(SC(C)C(=O)Nc2ccc(C#N)cc2)nnc1C(C)Oc1ccccc1Cl. The molecule has 0 bridgehead atoms. The maximum atomic E-state index is 12.7. The summed E-state index contributed by atoms with van der Waals surface area (Å²) in [6.45, 7) is 8.63. The molecule has 0 radical (unpaired) electrons. The summed E-state index contributed by atoms with van der Waals surface area (Å²) in [5, 5.41) is 21.3. The van der Waals surface area contributed by atoms with Gasteiger partial charge in [0.2, 0.25) is 5.91 Å². The van der Waals surface area contributed by atoms with Crippen LogP contribution < -0.4 is 10.1 Å². The molecule has 2 aromatic carbocycles. The molecule has 0 aliphatic heterocycles. The molecule has 1 amide bonds. The van der Waals surface area contributed by atoms with Crippen LogP contribution in [0.3, 0.4) is 0 Å². The van der Waals surface area contributed by atoms with E-state index in [-0.39, 0.29) is 12.0 Å². The molecule has 0 fully saturated rings. The van der Waals surface area contributed by atoms with E-state index < -0.39 is 5.25 Å². The van der Waals surface area contributed by atoms with Crippen LogP contribution in [0.25, 0.3) is 0 Å². The minimum absolute atomic E-state index is 0.161. The lowest BCUT2D eigenvalue weighted by molar-refractivity contribution is -0.115. The number of rotatable bonds is 9. The van der Waals surface area contributed by atoms with Crippen molar-refractivity contribution in [3.8, 4) is 11.8 Å². The highest BCUT2D eigenvalue weighted by Gasteiger charge is 2.24. The Morgan fingerprint density at radius 3 is 2.48 bits per heavy atom. The number of hydrogen-bond donors (Lipinski definition) is 1. The van der Waals surface area contributed by atoms with Crippen LogP contribution in [0, 0.1) is 17.2 Å². The zero-order valence-electron chi connectivity index (χ0n) is 18.9. The number of ether oxygens (including phenoxy) is 1. The van der Waals surface area contributed by atoms with E-state index in [1.54, 1.807) is 30.3 Å². The number of thioether (sulfide) groups is 1. The first-order valence-electron chi connectivity index (χ1n) is 10.6. The molecule has 1 aromatic heterocycles. The van der Waals surface area contributed by atoms with Crippen LogP contribution in [0.1, 0.15) is 45.2 Å². The van der Waals surface area contributed by atoms with Gasteiger partial charge in [-0.2, -0.15) is 5.26 Å². The van der Waals surface area contributed by atoms with E-state index in [0.29, 0.717) is 45.5 Å². The Hall–Kier alpha value is -3.02. The number of hydrogen-bond acceptors (Lipinski definition) is 6. The summed E-state index contributed by atoms with van der Waals surface area (Å²) >= 11 is 7.58. The van der Waals surface area contributed by atoms with Gasteiger partial charge in [0.15, 0.2) is 17.1 Å². The van der Waals surface area contributed by atoms with Gasteiger partial charge in [-0.25, -0.2) is 0 Å². The van der Waals surface area contributed by atoms with Gasteiger partial charge in [0.1, 0.15) is 5.75 Å². The molecule has 1 N–H and O–H groups in total. The molecule has 0 aliphatic rings. The number of amides is 1. The van der Waals surface area contributed by atoms with Crippen molar-refractivity contribution in [1.29, 1.82) is 5.26 Å². The van der Waals surface area contributed by atoms with Crippen LogP contribution in [-0.4, -0.2) is 25.9 Å². The first kappa shape index (κ1) is 24.6. The van der Waals surface area contributed by atoms with Crippen molar-refractivity contribution >= 4 is 35.0 Å². The predicted molar refractivity (Wildman–Crippen MR) is 130 cm³/mol. The van der Waals surface area contributed by atoms with Gasteiger partial charge < -0.3 is 14.6 Å². The van der Waals surface area contributed by atoms with Crippen LogP contribution in [0.4, 0.5) is 5.69 Å². The van der Waals surface area contributed by atoms with Crippen LogP contribution in [0.2, 0.25) is 5.02 Å². The number of halogens is 1. The first-order valence-corrected chi connectivity index (χ1v) is 11.9. The lowest BCUT2D eigenvalue weighted by Gasteiger charge is -2.19. The van der Waals surface area contributed by atoms with Gasteiger partial charge in [-0.3, -0.25) is 4.79 Å². The highest BCUT2D eigenvalue weighted by molar-refractivity contribution is 8.00. The molecule has 172 valence electrons. The van der Waals surface area contributed by atoms with Crippen LogP contribution >= 0.6 is 23.4 Å². The number of anilines is 1. The first-order chi connectivity index (χ1) is 15.8. The Balaban J connectivity index is 1.75. The monoisotopic (exact) mass is 483 g/mol. The zero-order chi connectivity index (χ0) is 24.0. The fourth-order valence-corrected chi connectivity index (χ4v) is 4.14. The number of nitrogens with one attached hydrogen (secondary N) is 1. The van der Waals surface area contributed by atoms with Crippen molar-refractivity contribution in [2.75, 3.05) is 5.32 Å². The van der Waals surface area contributed by atoms with Gasteiger partial charge in [0.05, 0.1) is 21.9 Å². The molecule has 1 heterocycles. The molecule has 9 heteroatoms. The number of nitriles is 1. The standard InChI is InChI=1S/C24H26ClN5O2S/c1-15(2)14-30-22(16(3)32-21-8-6-5-7-20(21)25)28-29-24(30)33-17(4)23(31)27-19-11-9-18(13-26)10-12-19/h5-12,15-17H,14H2,1-4H3,(H,27,31). The topological polar surface area (TPSA) is 92.8 Å². The number of carbonyl (C=O) groups is 1. The lowest BCUT2D eigenvalue weighted by atomic mass is 10.2. The zero-order valence-corrected chi connectivity index (χ0v) is 20.5. The maximum absolute atomic E-state index is 12.7. The molecule has 0 aliphatic carbocycles. The van der Waals surface area contributed by atoms with Crippen molar-refractivity contribution in [1.82, 2.24) is 14.8 Å². The number of carbonyl (C=O) groups excluding carboxylic acids is 1. The third kappa shape index (κ3) is 6.50. The Bertz CT molecular complexity index is 1140. The smallest absolute Gasteiger partial charge is 0.237 e. The third-order valence-electron chi connectivity index (χ3n) is 4.73. The Morgan fingerprint density at radius 1 is 1.15 bits per heavy atom. The van der Waals surface area contributed by atoms with E-state index in [2.05, 4.69) is 35.4 Å². The van der Waals surface area contributed by atoms with Crippen molar-refractivity contribution in [3.63, 3.8) is 0 Å². The summed E-state index contributed by atoms with van der Waals surface area (Å²) < 4.78 is 8.05. The number of para-hydroxylation sites is 1. The van der Waals surface area contributed by atoms with Crippen molar-refractivity contribution in [2.24, 2.45) is 5.92 Å². The molecule has 0 saturated carbocycles. The summed E-state index contributed by atoms with van der Waals surface area (Å²) in [6, 6.07) is 16.1. The van der Waals surface area contributed by atoms with Crippen LogP contribution in [0.15, 0.2) is 53.7 Å². The second-order valence-electron chi connectivity index (χ2n) is 7.97. The highest BCUT2D eigenvalue weighted by Crippen LogP contribution is 2.31. The third-order valence-corrected chi connectivity index (χ3v) is 6.12. The number of nitrogens with zero attached hydrogens (tertiary/aromatic N) is 4. The van der Waals surface area contributed by atoms with E-state index in [9.17, 15) is 4.79 Å². The van der Waals surface area contributed by atoms with Gasteiger partial charge in [-0.1, -0.05) is 49.3 Å². The Labute approximate surface area is 203 Å². The van der Waals surface area contributed by atoms with E-state index in [1.807, 2.05) is 36.6 Å². The average molecular weight is 484 g/mol.